The van der Waals surface area contributed by atoms with Crippen molar-refractivity contribution in [2.75, 3.05) is 13.1 Å². The summed E-state index contributed by atoms with van der Waals surface area (Å²) >= 11 is 0. The quantitative estimate of drug-likeness (QED) is 0.850. The Hall–Kier alpha value is -1.72. The maximum absolute atomic E-state index is 5.96. The third-order valence-corrected chi connectivity index (χ3v) is 3.36. The number of hydrogen-bond donors (Lipinski definition) is 1. The van der Waals surface area contributed by atoms with Crippen molar-refractivity contribution in [3.05, 3.63) is 48.3 Å². The SMILES string of the molecule is CCN(Cc1ccccn1)C(CN)c1cncn1C. The lowest BCUT2D eigenvalue weighted by Gasteiger charge is -2.29. The number of likely N-dealkylation sites (N-methyl/N-ethyl adjacent to an activating group) is 1. The number of aromatic nitrogens is 3. The Morgan fingerprint density at radius 2 is 2.26 bits per heavy atom. The molecule has 0 spiro atoms. The van der Waals surface area contributed by atoms with Crippen LogP contribution in [0.4, 0.5) is 0 Å². The Bertz CT molecular complexity index is 494. The van der Waals surface area contributed by atoms with Gasteiger partial charge in [0.15, 0.2) is 0 Å². The van der Waals surface area contributed by atoms with Crippen molar-refractivity contribution in [1.29, 1.82) is 0 Å². The van der Waals surface area contributed by atoms with E-state index in [0.29, 0.717) is 6.54 Å². The minimum Gasteiger partial charge on any atom is -0.336 e. The molecule has 0 saturated carbocycles. The van der Waals surface area contributed by atoms with E-state index in [1.54, 1.807) is 0 Å². The van der Waals surface area contributed by atoms with Crippen LogP contribution in [0.1, 0.15) is 24.4 Å². The predicted octanol–water partition coefficient (Wildman–Crippen LogP) is 1.34. The molecule has 19 heavy (non-hydrogen) atoms. The van der Waals surface area contributed by atoms with Crippen LogP contribution in [0.3, 0.4) is 0 Å². The van der Waals surface area contributed by atoms with Crippen LogP contribution in [-0.2, 0) is 13.6 Å². The Labute approximate surface area is 114 Å². The summed E-state index contributed by atoms with van der Waals surface area (Å²) in [5, 5.41) is 0. The zero-order valence-electron chi connectivity index (χ0n) is 11.5. The molecule has 0 aliphatic rings. The molecule has 5 heteroatoms. The highest BCUT2D eigenvalue weighted by Gasteiger charge is 2.20. The minimum atomic E-state index is 0.166. The van der Waals surface area contributed by atoms with Crippen molar-refractivity contribution < 1.29 is 0 Å². The van der Waals surface area contributed by atoms with Crippen LogP contribution in [0, 0.1) is 0 Å². The summed E-state index contributed by atoms with van der Waals surface area (Å²) in [7, 11) is 2.00. The van der Waals surface area contributed by atoms with Crippen molar-refractivity contribution in [2.45, 2.75) is 19.5 Å². The highest BCUT2D eigenvalue weighted by Crippen LogP contribution is 2.20. The molecule has 0 radical (unpaired) electrons. The lowest BCUT2D eigenvalue weighted by atomic mass is 10.1. The van der Waals surface area contributed by atoms with Crippen LogP contribution in [0.5, 0.6) is 0 Å². The topological polar surface area (TPSA) is 60.0 Å². The van der Waals surface area contributed by atoms with Gasteiger partial charge in [-0.15, -0.1) is 0 Å². The number of pyridine rings is 1. The number of nitrogens with zero attached hydrogens (tertiary/aromatic N) is 4. The van der Waals surface area contributed by atoms with Crippen molar-refractivity contribution in [3.8, 4) is 0 Å². The Morgan fingerprint density at radius 3 is 2.79 bits per heavy atom. The normalized spacial score (nSPS) is 12.8. The first-order valence-corrected chi connectivity index (χ1v) is 6.56. The molecule has 1 atom stereocenters. The fourth-order valence-corrected chi connectivity index (χ4v) is 2.29. The molecule has 2 aromatic heterocycles. The molecule has 0 aromatic carbocycles. The van der Waals surface area contributed by atoms with Crippen molar-refractivity contribution >= 4 is 0 Å². The second-order valence-electron chi connectivity index (χ2n) is 4.57. The average Bonchev–Trinajstić information content (AvgIpc) is 2.86. The van der Waals surface area contributed by atoms with E-state index < -0.39 is 0 Å². The molecule has 0 fully saturated rings. The maximum Gasteiger partial charge on any atom is 0.0946 e. The van der Waals surface area contributed by atoms with Gasteiger partial charge in [-0.25, -0.2) is 4.98 Å². The fourth-order valence-electron chi connectivity index (χ4n) is 2.29. The largest absolute Gasteiger partial charge is 0.336 e. The second-order valence-corrected chi connectivity index (χ2v) is 4.57. The standard InChI is InChI=1S/C14H21N5/c1-3-19(10-12-6-4-5-7-17-12)13(8-15)14-9-16-11-18(14)2/h4-7,9,11,13H,3,8,10,15H2,1-2H3. The van der Waals surface area contributed by atoms with Crippen LogP contribution in [0.25, 0.3) is 0 Å². The second kappa shape index (κ2) is 6.45. The van der Waals surface area contributed by atoms with Crippen LogP contribution >= 0.6 is 0 Å². The smallest absolute Gasteiger partial charge is 0.0946 e. The van der Waals surface area contributed by atoms with Crippen LogP contribution in [-0.4, -0.2) is 32.5 Å². The Morgan fingerprint density at radius 1 is 1.42 bits per heavy atom. The molecule has 2 aromatic rings. The highest BCUT2D eigenvalue weighted by molar-refractivity contribution is 5.08. The first-order valence-electron chi connectivity index (χ1n) is 6.56. The lowest BCUT2D eigenvalue weighted by Crippen LogP contribution is -2.34. The Balaban J connectivity index is 2.18. The number of nitrogens with two attached hydrogens (primary N) is 1. The fraction of sp³-hybridized carbons (Fsp3) is 0.429. The zero-order valence-corrected chi connectivity index (χ0v) is 11.5. The van der Waals surface area contributed by atoms with Crippen LogP contribution in [0.2, 0.25) is 0 Å². The van der Waals surface area contributed by atoms with Crippen LogP contribution in [0.15, 0.2) is 36.9 Å². The van der Waals surface area contributed by atoms with Gasteiger partial charge in [-0.2, -0.15) is 0 Å². The third-order valence-electron chi connectivity index (χ3n) is 3.36. The lowest BCUT2D eigenvalue weighted by molar-refractivity contribution is 0.194. The molecular weight excluding hydrogens is 238 g/mol. The van der Waals surface area contributed by atoms with Gasteiger partial charge >= 0.3 is 0 Å². The number of rotatable bonds is 6. The van der Waals surface area contributed by atoms with E-state index in [0.717, 1.165) is 24.5 Å². The van der Waals surface area contributed by atoms with E-state index in [2.05, 4.69) is 21.8 Å². The molecule has 1 unspecified atom stereocenters. The molecule has 2 heterocycles. The molecule has 0 aliphatic carbocycles. The first kappa shape index (κ1) is 13.7. The zero-order chi connectivity index (χ0) is 13.7. The number of aryl methyl sites for hydroxylation is 1. The van der Waals surface area contributed by atoms with E-state index in [1.807, 2.05) is 48.5 Å². The van der Waals surface area contributed by atoms with E-state index in [1.165, 1.54) is 0 Å². The predicted molar refractivity (Wildman–Crippen MR) is 75.3 cm³/mol. The van der Waals surface area contributed by atoms with Gasteiger partial charge in [0, 0.05) is 32.5 Å². The van der Waals surface area contributed by atoms with E-state index in [-0.39, 0.29) is 6.04 Å². The van der Waals surface area contributed by atoms with Gasteiger partial charge in [0.05, 0.1) is 23.8 Å². The van der Waals surface area contributed by atoms with Crippen molar-refractivity contribution in [2.24, 2.45) is 12.8 Å². The summed E-state index contributed by atoms with van der Waals surface area (Å²) in [6.45, 7) is 4.43. The Kier molecular flexibility index (Phi) is 4.65. The number of imidazole rings is 1. The van der Waals surface area contributed by atoms with Gasteiger partial charge in [-0.1, -0.05) is 13.0 Å². The third kappa shape index (κ3) is 3.19. The average molecular weight is 259 g/mol. The van der Waals surface area contributed by atoms with Crippen molar-refractivity contribution in [3.63, 3.8) is 0 Å². The molecular formula is C14H21N5. The first-order chi connectivity index (χ1) is 9.26. The van der Waals surface area contributed by atoms with Crippen molar-refractivity contribution in [1.82, 2.24) is 19.4 Å². The summed E-state index contributed by atoms with van der Waals surface area (Å²) in [6.07, 6.45) is 5.52. The van der Waals surface area contributed by atoms with Gasteiger partial charge in [0.25, 0.3) is 0 Å². The molecule has 0 bridgehead atoms. The number of hydrogen-bond acceptors (Lipinski definition) is 4. The summed E-state index contributed by atoms with van der Waals surface area (Å²) in [5.41, 5.74) is 8.16. The van der Waals surface area contributed by atoms with E-state index in [4.69, 9.17) is 5.73 Å². The van der Waals surface area contributed by atoms with E-state index in [9.17, 15) is 0 Å². The summed E-state index contributed by atoms with van der Waals surface area (Å²) < 4.78 is 2.03. The van der Waals surface area contributed by atoms with E-state index >= 15 is 0 Å². The molecule has 2 rings (SSSR count). The molecule has 2 N–H and O–H groups in total. The van der Waals surface area contributed by atoms with Gasteiger partial charge in [0.1, 0.15) is 0 Å². The summed E-state index contributed by atoms with van der Waals surface area (Å²) in [4.78, 5) is 10.9. The monoisotopic (exact) mass is 259 g/mol. The van der Waals surface area contributed by atoms with Crippen LogP contribution < -0.4 is 5.73 Å². The van der Waals surface area contributed by atoms with Gasteiger partial charge in [0.2, 0.25) is 0 Å². The van der Waals surface area contributed by atoms with Gasteiger partial charge in [-0.3, -0.25) is 9.88 Å². The molecule has 5 nitrogen and oxygen atoms in total. The molecule has 0 aliphatic heterocycles. The maximum atomic E-state index is 5.96. The molecule has 102 valence electrons. The van der Waals surface area contributed by atoms with Gasteiger partial charge < -0.3 is 10.3 Å². The summed E-state index contributed by atoms with van der Waals surface area (Å²) in [6, 6.07) is 6.15. The summed E-state index contributed by atoms with van der Waals surface area (Å²) in [5.74, 6) is 0. The molecule has 0 saturated heterocycles. The molecule has 0 amide bonds. The van der Waals surface area contributed by atoms with Gasteiger partial charge in [-0.05, 0) is 18.7 Å². The minimum absolute atomic E-state index is 0.166. The highest BCUT2D eigenvalue weighted by atomic mass is 15.2.